The van der Waals surface area contributed by atoms with E-state index in [9.17, 15) is 4.79 Å². The zero-order valence-corrected chi connectivity index (χ0v) is 20.0. The Bertz CT molecular complexity index is 1260. The van der Waals surface area contributed by atoms with Crippen LogP contribution >= 0.6 is 0 Å². The molecule has 1 atom stereocenters. The summed E-state index contributed by atoms with van der Waals surface area (Å²) in [6.07, 6.45) is 0.826. The molecule has 4 rings (SSSR count). The molecule has 182 valence electrons. The molecular weight excluding hydrogens is 452 g/mol. The van der Waals surface area contributed by atoms with E-state index in [4.69, 9.17) is 14.2 Å². The normalized spacial score (nSPS) is 11.6. The zero-order valence-electron chi connectivity index (χ0n) is 20.0. The van der Waals surface area contributed by atoms with Gasteiger partial charge in [-0.1, -0.05) is 72.8 Å². The fourth-order valence-corrected chi connectivity index (χ4v) is 3.32. The number of nitrogens with zero attached hydrogens (tertiary/aromatic N) is 1. The van der Waals surface area contributed by atoms with E-state index in [1.807, 2.05) is 97.1 Å². The lowest BCUT2D eigenvalue weighted by atomic mass is 10.2. The third kappa shape index (κ3) is 7.46. The molecule has 0 heterocycles. The summed E-state index contributed by atoms with van der Waals surface area (Å²) in [6.45, 7) is 2.60. The van der Waals surface area contributed by atoms with Gasteiger partial charge in [0.25, 0.3) is 5.91 Å². The van der Waals surface area contributed by atoms with E-state index < -0.39 is 6.10 Å². The maximum Gasteiger partial charge on any atom is 0.280 e. The van der Waals surface area contributed by atoms with Gasteiger partial charge in [-0.15, -0.1) is 0 Å². The van der Waals surface area contributed by atoms with Crippen molar-refractivity contribution in [1.82, 2.24) is 5.43 Å². The maximum absolute atomic E-state index is 12.5. The first kappa shape index (κ1) is 24.5. The molecule has 0 aliphatic heterocycles. The van der Waals surface area contributed by atoms with Gasteiger partial charge in [-0.25, -0.2) is 5.43 Å². The van der Waals surface area contributed by atoms with E-state index in [1.165, 1.54) is 0 Å². The van der Waals surface area contributed by atoms with Crippen LogP contribution in [0.4, 0.5) is 0 Å². The quantitative estimate of drug-likeness (QED) is 0.219. The Hall–Kier alpha value is -4.58. The van der Waals surface area contributed by atoms with E-state index in [0.717, 1.165) is 22.4 Å². The summed E-state index contributed by atoms with van der Waals surface area (Å²) in [5.41, 5.74) is 5.45. The van der Waals surface area contributed by atoms with E-state index in [-0.39, 0.29) is 5.91 Å². The molecule has 0 bridgehead atoms. The molecule has 4 aromatic rings. The van der Waals surface area contributed by atoms with E-state index in [0.29, 0.717) is 24.7 Å². The van der Waals surface area contributed by atoms with Crippen LogP contribution in [0.25, 0.3) is 0 Å². The van der Waals surface area contributed by atoms with Crippen molar-refractivity contribution in [2.75, 3.05) is 0 Å². The highest BCUT2D eigenvalue weighted by Gasteiger charge is 2.14. The Labute approximate surface area is 211 Å². The first-order valence-electron chi connectivity index (χ1n) is 11.7. The molecule has 0 radical (unpaired) electrons. The van der Waals surface area contributed by atoms with Crippen LogP contribution in [-0.2, 0) is 18.0 Å². The van der Waals surface area contributed by atoms with Gasteiger partial charge in [-0.2, -0.15) is 5.10 Å². The number of hydrogen-bond donors (Lipinski definition) is 1. The van der Waals surface area contributed by atoms with Crippen molar-refractivity contribution < 1.29 is 19.0 Å². The minimum atomic E-state index is -0.734. The molecule has 1 N–H and O–H groups in total. The van der Waals surface area contributed by atoms with Crippen LogP contribution in [0.15, 0.2) is 114 Å². The number of rotatable bonds is 11. The summed E-state index contributed by atoms with van der Waals surface area (Å²) in [6, 6.07) is 34.5. The monoisotopic (exact) mass is 480 g/mol. The Morgan fingerprint density at radius 2 is 1.31 bits per heavy atom. The molecule has 36 heavy (non-hydrogen) atoms. The summed E-state index contributed by atoms with van der Waals surface area (Å²) < 4.78 is 17.4. The lowest BCUT2D eigenvalue weighted by Gasteiger charge is -2.14. The second kappa shape index (κ2) is 12.8. The number of nitrogens with one attached hydrogen (secondary N) is 1. The average Bonchev–Trinajstić information content (AvgIpc) is 2.93. The Morgan fingerprint density at radius 1 is 0.750 bits per heavy atom. The van der Waals surface area contributed by atoms with Gasteiger partial charge in [0, 0.05) is 5.56 Å². The largest absolute Gasteiger partial charge is 0.489 e. The predicted octanol–water partition coefficient (Wildman–Crippen LogP) is 5.76. The van der Waals surface area contributed by atoms with Crippen molar-refractivity contribution >= 4 is 12.1 Å². The van der Waals surface area contributed by atoms with Crippen LogP contribution in [0.1, 0.15) is 23.6 Å². The van der Waals surface area contributed by atoms with Crippen LogP contribution in [-0.4, -0.2) is 18.2 Å². The van der Waals surface area contributed by atoms with Gasteiger partial charge in [0.05, 0.1) is 6.21 Å². The predicted molar refractivity (Wildman–Crippen MR) is 140 cm³/mol. The smallest absolute Gasteiger partial charge is 0.280 e. The second-order valence-corrected chi connectivity index (χ2v) is 8.05. The fraction of sp³-hybridized carbons (Fsp3) is 0.133. The van der Waals surface area contributed by atoms with Crippen LogP contribution in [0.3, 0.4) is 0 Å². The van der Waals surface area contributed by atoms with Crippen LogP contribution in [0, 0.1) is 0 Å². The molecule has 4 aromatic carbocycles. The van der Waals surface area contributed by atoms with Crippen molar-refractivity contribution in [3.63, 3.8) is 0 Å². The van der Waals surface area contributed by atoms with Crippen molar-refractivity contribution in [2.45, 2.75) is 26.2 Å². The van der Waals surface area contributed by atoms with Gasteiger partial charge < -0.3 is 14.2 Å². The Morgan fingerprint density at radius 3 is 1.97 bits per heavy atom. The third-order valence-corrected chi connectivity index (χ3v) is 5.29. The van der Waals surface area contributed by atoms with E-state index >= 15 is 0 Å². The van der Waals surface area contributed by atoms with Gasteiger partial charge in [0.2, 0.25) is 0 Å². The highest BCUT2D eigenvalue weighted by molar-refractivity contribution is 5.86. The molecule has 0 aliphatic carbocycles. The molecule has 0 saturated heterocycles. The fourth-order valence-electron chi connectivity index (χ4n) is 3.32. The summed E-state index contributed by atoms with van der Waals surface area (Å²) in [7, 11) is 0. The number of amides is 1. The Kier molecular flexibility index (Phi) is 8.70. The zero-order chi connectivity index (χ0) is 25.0. The summed E-state index contributed by atoms with van der Waals surface area (Å²) in [5, 5.41) is 4.08. The molecule has 6 heteroatoms. The van der Waals surface area contributed by atoms with Crippen molar-refractivity contribution in [3.05, 3.63) is 126 Å². The maximum atomic E-state index is 12.5. The van der Waals surface area contributed by atoms with E-state index in [2.05, 4.69) is 10.5 Å². The first-order valence-corrected chi connectivity index (χ1v) is 11.7. The summed E-state index contributed by atoms with van der Waals surface area (Å²) >= 11 is 0. The van der Waals surface area contributed by atoms with Crippen LogP contribution in [0.2, 0.25) is 0 Å². The molecule has 0 fully saturated rings. The summed E-state index contributed by atoms with van der Waals surface area (Å²) in [4.78, 5) is 12.5. The third-order valence-electron chi connectivity index (χ3n) is 5.29. The molecule has 1 amide bonds. The molecule has 0 spiro atoms. The number of ether oxygens (including phenoxy) is 3. The number of hydrazone groups is 1. The van der Waals surface area contributed by atoms with Gasteiger partial charge >= 0.3 is 0 Å². The minimum absolute atomic E-state index is 0.363. The molecule has 0 saturated carbocycles. The van der Waals surface area contributed by atoms with Gasteiger partial charge in [0.15, 0.2) is 6.10 Å². The van der Waals surface area contributed by atoms with Gasteiger partial charge in [0.1, 0.15) is 30.5 Å². The summed E-state index contributed by atoms with van der Waals surface area (Å²) in [5.74, 6) is 1.60. The van der Waals surface area contributed by atoms with Crippen molar-refractivity contribution in [2.24, 2.45) is 5.10 Å². The SMILES string of the molecule is C[C@@H](Oc1ccc(OCc2ccccc2)cc1)C(=O)N/N=C\c1ccccc1OCc1ccccc1. The van der Waals surface area contributed by atoms with Gasteiger partial charge in [-0.3, -0.25) is 4.79 Å². The van der Waals surface area contributed by atoms with Crippen molar-refractivity contribution in [1.29, 1.82) is 0 Å². The molecule has 0 aliphatic rings. The Balaban J connectivity index is 1.25. The van der Waals surface area contributed by atoms with Crippen LogP contribution < -0.4 is 19.6 Å². The number of benzene rings is 4. The highest BCUT2D eigenvalue weighted by Crippen LogP contribution is 2.20. The minimum Gasteiger partial charge on any atom is -0.489 e. The highest BCUT2D eigenvalue weighted by atomic mass is 16.5. The number of carbonyl (C=O) groups excluding carboxylic acids is 1. The molecular formula is C30H28N2O4. The van der Waals surface area contributed by atoms with E-state index in [1.54, 1.807) is 25.3 Å². The average molecular weight is 481 g/mol. The molecule has 0 unspecified atom stereocenters. The standard InChI is InChI=1S/C30H28N2O4/c1-23(36-28-18-16-27(17-19-28)34-21-24-10-4-2-5-11-24)30(33)32-31-20-26-14-8-9-15-29(26)35-22-25-12-6-3-7-13-25/h2-20,23H,21-22H2,1H3,(H,32,33)/b31-20-/t23-/m1/s1. The van der Waals surface area contributed by atoms with Crippen molar-refractivity contribution in [3.8, 4) is 17.2 Å². The topological polar surface area (TPSA) is 69.2 Å². The second-order valence-electron chi connectivity index (χ2n) is 8.05. The lowest BCUT2D eigenvalue weighted by Crippen LogP contribution is -2.33. The molecule has 0 aromatic heterocycles. The van der Waals surface area contributed by atoms with Crippen LogP contribution in [0.5, 0.6) is 17.2 Å². The number of hydrogen-bond acceptors (Lipinski definition) is 5. The lowest BCUT2D eigenvalue weighted by molar-refractivity contribution is -0.127. The molecule has 6 nitrogen and oxygen atoms in total. The number of para-hydroxylation sites is 1. The van der Waals surface area contributed by atoms with Gasteiger partial charge in [-0.05, 0) is 54.4 Å². The first-order chi connectivity index (χ1) is 17.7. The number of carbonyl (C=O) groups is 1.